The first-order valence-electron chi connectivity index (χ1n) is 9.33. The van der Waals surface area contributed by atoms with Gasteiger partial charge in [-0.25, -0.2) is 4.79 Å². The van der Waals surface area contributed by atoms with Crippen molar-refractivity contribution in [3.8, 4) is 17.1 Å². The van der Waals surface area contributed by atoms with Crippen molar-refractivity contribution >= 4 is 6.03 Å². The van der Waals surface area contributed by atoms with Gasteiger partial charge in [0.2, 0.25) is 11.7 Å². The molecule has 8 heteroatoms. The van der Waals surface area contributed by atoms with E-state index in [1.807, 2.05) is 31.2 Å². The second kappa shape index (κ2) is 9.36. The lowest BCUT2D eigenvalue weighted by Crippen LogP contribution is -2.40. The van der Waals surface area contributed by atoms with E-state index < -0.39 is 0 Å². The molecule has 0 spiro atoms. The summed E-state index contributed by atoms with van der Waals surface area (Å²) in [5.74, 6) is 1.86. The van der Waals surface area contributed by atoms with Gasteiger partial charge in [-0.2, -0.15) is 4.98 Å². The topological polar surface area (TPSA) is 89.7 Å². The van der Waals surface area contributed by atoms with E-state index in [2.05, 4.69) is 15.5 Å². The Kier molecular flexibility index (Phi) is 6.64. The molecule has 1 aliphatic heterocycles. The van der Waals surface area contributed by atoms with Gasteiger partial charge in [-0.15, -0.1) is 0 Å². The van der Waals surface area contributed by atoms with Crippen molar-refractivity contribution in [2.24, 2.45) is 0 Å². The summed E-state index contributed by atoms with van der Waals surface area (Å²) in [6.07, 6.45) is 1.63. The van der Waals surface area contributed by atoms with Gasteiger partial charge >= 0.3 is 6.03 Å². The van der Waals surface area contributed by atoms with Gasteiger partial charge in [-0.1, -0.05) is 5.16 Å². The predicted molar refractivity (Wildman–Crippen MR) is 99.6 cm³/mol. The number of carbonyl (C=O) groups is 1. The fourth-order valence-electron chi connectivity index (χ4n) is 2.93. The average Bonchev–Trinajstić information content (AvgIpc) is 3.31. The third-order valence-corrected chi connectivity index (χ3v) is 4.32. The average molecular weight is 374 g/mol. The van der Waals surface area contributed by atoms with E-state index >= 15 is 0 Å². The summed E-state index contributed by atoms with van der Waals surface area (Å²) < 4.78 is 16.3. The van der Waals surface area contributed by atoms with Crippen LogP contribution in [0.3, 0.4) is 0 Å². The number of hydrogen-bond donors (Lipinski definition) is 1. The molecular formula is C19H26N4O4. The van der Waals surface area contributed by atoms with Crippen LogP contribution in [0.5, 0.6) is 5.75 Å². The molecule has 0 saturated carbocycles. The van der Waals surface area contributed by atoms with Gasteiger partial charge in [0, 0.05) is 45.2 Å². The Morgan fingerprint density at radius 3 is 2.89 bits per heavy atom. The normalized spacial score (nSPS) is 16.5. The van der Waals surface area contributed by atoms with Crippen molar-refractivity contribution in [1.82, 2.24) is 20.4 Å². The third-order valence-electron chi connectivity index (χ3n) is 4.32. The molecule has 1 unspecified atom stereocenters. The number of urea groups is 1. The second-order valence-corrected chi connectivity index (χ2v) is 6.42. The van der Waals surface area contributed by atoms with Crippen LogP contribution in [-0.4, -0.2) is 60.0 Å². The molecule has 146 valence electrons. The number of aromatic nitrogens is 2. The Hall–Kier alpha value is -2.61. The van der Waals surface area contributed by atoms with Crippen molar-refractivity contribution in [1.29, 1.82) is 0 Å². The number of nitrogens with zero attached hydrogens (tertiary/aromatic N) is 3. The highest BCUT2D eigenvalue weighted by Crippen LogP contribution is 2.22. The minimum Gasteiger partial charge on any atom is -0.489 e. The SMILES string of the molecule is CCOCCCNC(=O)N1CCC(Oc2ccc(-c3noc(C)n3)cc2)C1. The first-order chi connectivity index (χ1) is 13.2. The number of carbonyl (C=O) groups excluding carboxylic acids is 1. The van der Waals surface area contributed by atoms with E-state index in [-0.39, 0.29) is 12.1 Å². The summed E-state index contributed by atoms with van der Waals surface area (Å²) in [5, 5.41) is 6.83. The quantitative estimate of drug-likeness (QED) is 0.715. The fourth-order valence-corrected chi connectivity index (χ4v) is 2.93. The molecule has 0 bridgehead atoms. The van der Waals surface area contributed by atoms with Gasteiger partial charge in [0.25, 0.3) is 0 Å². The molecule has 1 saturated heterocycles. The number of benzene rings is 1. The van der Waals surface area contributed by atoms with Crippen LogP contribution in [0.4, 0.5) is 4.79 Å². The van der Waals surface area contributed by atoms with Gasteiger partial charge in [0.05, 0.1) is 6.54 Å². The maximum atomic E-state index is 12.2. The Morgan fingerprint density at radius 2 is 2.19 bits per heavy atom. The minimum atomic E-state index is -0.0413. The monoisotopic (exact) mass is 374 g/mol. The minimum absolute atomic E-state index is 0.00237. The van der Waals surface area contributed by atoms with Crippen LogP contribution in [0, 0.1) is 6.92 Å². The van der Waals surface area contributed by atoms with Crippen LogP contribution in [-0.2, 0) is 4.74 Å². The van der Waals surface area contributed by atoms with Gasteiger partial charge in [-0.3, -0.25) is 0 Å². The Morgan fingerprint density at radius 1 is 1.37 bits per heavy atom. The van der Waals surface area contributed by atoms with E-state index in [1.54, 1.807) is 11.8 Å². The molecule has 0 radical (unpaired) electrons. The van der Waals surface area contributed by atoms with Crippen molar-refractivity contribution in [3.63, 3.8) is 0 Å². The maximum Gasteiger partial charge on any atom is 0.317 e. The molecule has 1 N–H and O–H groups in total. The van der Waals surface area contributed by atoms with Gasteiger partial charge in [0.15, 0.2) is 0 Å². The van der Waals surface area contributed by atoms with Crippen LogP contribution in [0.15, 0.2) is 28.8 Å². The van der Waals surface area contributed by atoms with Crippen molar-refractivity contribution < 1.29 is 18.8 Å². The van der Waals surface area contributed by atoms with Gasteiger partial charge in [0.1, 0.15) is 11.9 Å². The zero-order chi connectivity index (χ0) is 19.1. The lowest BCUT2D eigenvalue weighted by molar-refractivity contribution is 0.144. The smallest absolute Gasteiger partial charge is 0.317 e. The maximum absolute atomic E-state index is 12.2. The van der Waals surface area contributed by atoms with Crippen molar-refractivity contribution in [2.45, 2.75) is 32.8 Å². The molecule has 1 aromatic heterocycles. The van der Waals surface area contributed by atoms with Crippen LogP contribution in [0.25, 0.3) is 11.4 Å². The Bertz CT molecular complexity index is 732. The third kappa shape index (κ3) is 5.43. The molecule has 27 heavy (non-hydrogen) atoms. The highest BCUT2D eigenvalue weighted by Gasteiger charge is 2.27. The van der Waals surface area contributed by atoms with Gasteiger partial charge in [-0.05, 0) is 37.6 Å². The number of likely N-dealkylation sites (tertiary alicyclic amines) is 1. The molecule has 1 atom stereocenters. The number of rotatable bonds is 8. The van der Waals surface area contributed by atoms with E-state index in [0.29, 0.717) is 44.6 Å². The number of ether oxygens (including phenoxy) is 2. The first kappa shape index (κ1) is 19.2. The second-order valence-electron chi connectivity index (χ2n) is 6.42. The van der Waals surface area contributed by atoms with Crippen molar-refractivity contribution in [3.05, 3.63) is 30.2 Å². The van der Waals surface area contributed by atoms with E-state index in [0.717, 1.165) is 24.2 Å². The molecule has 2 aromatic rings. The fraction of sp³-hybridized carbons (Fsp3) is 0.526. The molecule has 2 amide bonds. The zero-order valence-corrected chi connectivity index (χ0v) is 15.8. The number of hydrogen-bond acceptors (Lipinski definition) is 6. The molecule has 3 rings (SSSR count). The summed E-state index contributed by atoms with van der Waals surface area (Å²) in [7, 11) is 0. The number of nitrogens with one attached hydrogen (secondary N) is 1. The largest absolute Gasteiger partial charge is 0.489 e. The summed E-state index contributed by atoms with van der Waals surface area (Å²) >= 11 is 0. The highest BCUT2D eigenvalue weighted by molar-refractivity contribution is 5.74. The molecule has 1 fully saturated rings. The molecule has 2 heterocycles. The lowest BCUT2D eigenvalue weighted by atomic mass is 10.2. The van der Waals surface area contributed by atoms with Crippen LogP contribution < -0.4 is 10.1 Å². The summed E-state index contributed by atoms with van der Waals surface area (Å²) in [6, 6.07) is 7.53. The summed E-state index contributed by atoms with van der Waals surface area (Å²) in [4.78, 5) is 18.2. The van der Waals surface area contributed by atoms with Crippen LogP contribution >= 0.6 is 0 Å². The van der Waals surface area contributed by atoms with Crippen LogP contribution in [0.2, 0.25) is 0 Å². The zero-order valence-electron chi connectivity index (χ0n) is 15.8. The van der Waals surface area contributed by atoms with Gasteiger partial charge < -0.3 is 24.2 Å². The standard InChI is InChI=1S/C19H26N4O4/c1-3-25-12-4-10-20-19(24)23-11-9-17(13-23)26-16-7-5-15(6-8-16)18-21-14(2)27-22-18/h5-8,17H,3-4,9-13H2,1-2H3,(H,20,24). The number of amides is 2. The molecule has 1 aliphatic rings. The first-order valence-corrected chi connectivity index (χ1v) is 9.33. The van der Waals surface area contributed by atoms with Crippen molar-refractivity contribution in [2.75, 3.05) is 32.8 Å². The Balaban J connectivity index is 1.43. The Labute approximate surface area is 158 Å². The highest BCUT2D eigenvalue weighted by atomic mass is 16.5. The summed E-state index contributed by atoms with van der Waals surface area (Å²) in [6.45, 7) is 7.00. The van der Waals surface area contributed by atoms with E-state index in [9.17, 15) is 4.79 Å². The predicted octanol–water partition coefficient (Wildman–Crippen LogP) is 2.63. The van der Waals surface area contributed by atoms with Crippen LogP contribution in [0.1, 0.15) is 25.7 Å². The molecule has 1 aromatic carbocycles. The molecule has 0 aliphatic carbocycles. The molecule has 8 nitrogen and oxygen atoms in total. The number of aryl methyl sites for hydroxylation is 1. The van der Waals surface area contributed by atoms with E-state index in [1.165, 1.54) is 0 Å². The molecular weight excluding hydrogens is 348 g/mol. The van der Waals surface area contributed by atoms with E-state index in [4.69, 9.17) is 14.0 Å². The summed E-state index contributed by atoms with van der Waals surface area (Å²) in [5.41, 5.74) is 0.874. The lowest BCUT2D eigenvalue weighted by Gasteiger charge is -2.18.